The minimum absolute atomic E-state index is 0.132. The van der Waals surface area contributed by atoms with Crippen LogP contribution in [-0.2, 0) is 4.74 Å². The zero-order valence-corrected chi connectivity index (χ0v) is 17.1. The fourth-order valence-electron chi connectivity index (χ4n) is 5.49. The number of anilines is 1. The van der Waals surface area contributed by atoms with Crippen LogP contribution >= 0.6 is 0 Å². The van der Waals surface area contributed by atoms with Gasteiger partial charge < -0.3 is 14.7 Å². The summed E-state index contributed by atoms with van der Waals surface area (Å²) in [4.78, 5) is 4.97. The number of hydrogen-bond donors (Lipinski definition) is 1. The van der Waals surface area contributed by atoms with Gasteiger partial charge in [0.15, 0.2) is 12.1 Å². The number of ether oxygens (including phenoxy) is 1. The maximum Gasteiger partial charge on any atom is 0.547 e. The van der Waals surface area contributed by atoms with Gasteiger partial charge in [-0.15, -0.1) is 0 Å². The smallest absolute Gasteiger partial charge is 0.430 e. The molecule has 3 fully saturated rings. The number of hydrogen-bond acceptors (Lipinski definition) is 3. The topological polar surface area (TPSA) is 39.0 Å². The highest BCUT2D eigenvalue weighted by molar-refractivity contribution is 5.58. The van der Waals surface area contributed by atoms with Crippen molar-refractivity contribution in [3.63, 3.8) is 0 Å². The lowest BCUT2D eigenvalue weighted by molar-refractivity contribution is -0.606. The van der Waals surface area contributed by atoms with Crippen molar-refractivity contribution in [2.24, 2.45) is 0 Å². The maximum absolute atomic E-state index is 13.2. The minimum atomic E-state index is -0.180. The number of piperidine rings is 2. The van der Waals surface area contributed by atoms with Crippen LogP contribution in [0, 0.1) is 5.82 Å². The average molecular weight is 391 g/mol. The summed E-state index contributed by atoms with van der Waals surface area (Å²) in [5.74, 6) is -0.180. The van der Waals surface area contributed by atoms with Crippen molar-refractivity contribution in [1.29, 1.82) is 0 Å². The predicted octanol–water partition coefficient (Wildman–Crippen LogP) is 3.38. The standard InChI is InChI=1S/C22H32FN3O2/c1-3-28-22(27)26-19-8-9-20(26)15-21(14-19)25-12-10-18(11-13-25)24(2)17-6-4-16(23)5-7-17/h4-7,18-21H,3,8-15H2,1-2H3/p+1. The van der Waals surface area contributed by atoms with E-state index in [9.17, 15) is 9.50 Å². The van der Waals surface area contributed by atoms with Crippen molar-refractivity contribution in [2.75, 3.05) is 31.6 Å². The molecular formula is C22H33FN3O2+. The first kappa shape index (κ1) is 19.5. The van der Waals surface area contributed by atoms with Gasteiger partial charge in [0.2, 0.25) is 0 Å². The van der Waals surface area contributed by atoms with Gasteiger partial charge in [0.25, 0.3) is 0 Å². The van der Waals surface area contributed by atoms with Crippen LogP contribution in [0.4, 0.5) is 10.1 Å². The Kier molecular flexibility index (Phi) is 5.76. The molecule has 0 saturated carbocycles. The third kappa shape index (κ3) is 3.84. The quantitative estimate of drug-likeness (QED) is 0.632. The lowest BCUT2D eigenvalue weighted by Gasteiger charge is -2.42. The number of rotatable bonds is 4. The van der Waals surface area contributed by atoms with E-state index < -0.39 is 0 Å². The lowest BCUT2D eigenvalue weighted by Crippen LogP contribution is -2.52. The van der Waals surface area contributed by atoms with Crippen LogP contribution in [0.5, 0.6) is 0 Å². The third-order valence-corrected chi connectivity index (χ3v) is 7.00. The number of aliphatic hydroxyl groups is 1. The van der Waals surface area contributed by atoms with E-state index in [1.54, 1.807) is 12.1 Å². The number of benzene rings is 1. The van der Waals surface area contributed by atoms with Gasteiger partial charge in [0.05, 0.1) is 6.61 Å². The van der Waals surface area contributed by atoms with Gasteiger partial charge in [-0.2, -0.15) is 4.58 Å². The lowest BCUT2D eigenvalue weighted by atomic mass is 9.93. The van der Waals surface area contributed by atoms with Gasteiger partial charge in [-0.05, 0) is 44.0 Å². The molecule has 0 aliphatic carbocycles. The Labute approximate surface area is 167 Å². The molecule has 3 heterocycles. The van der Waals surface area contributed by atoms with E-state index in [4.69, 9.17) is 4.74 Å². The van der Waals surface area contributed by atoms with E-state index in [1.165, 1.54) is 0 Å². The second kappa shape index (κ2) is 8.27. The first-order chi connectivity index (χ1) is 13.6. The van der Waals surface area contributed by atoms with Crippen LogP contribution in [-0.4, -0.2) is 71.6 Å². The van der Waals surface area contributed by atoms with Gasteiger partial charge in [-0.25, -0.2) is 4.39 Å². The number of fused-ring (bicyclic) bond motifs is 2. The van der Waals surface area contributed by atoms with Crippen LogP contribution in [0.15, 0.2) is 24.3 Å². The summed E-state index contributed by atoms with van der Waals surface area (Å²) in [7, 11) is 2.12. The van der Waals surface area contributed by atoms with Crippen molar-refractivity contribution >= 4 is 11.8 Å². The number of halogens is 1. The molecule has 1 aromatic rings. The van der Waals surface area contributed by atoms with Crippen molar-refractivity contribution in [2.45, 2.75) is 69.6 Å². The Morgan fingerprint density at radius 2 is 1.75 bits per heavy atom. The Morgan fingerprint density at radius 3 is 2.32 bits per heavy atom. The number of nitrogens with zero attached hydrogens (tertiary/aromatic N) is 3. The van der Waals surface area contributed by atoms with Crippen LogP contribution in [0.1, 0.15) is 45.4 Å². The Balaban J connectivity index is 1.34. The van der Waals surface area contributed by atoms with E-state index in [2.05, 4.69) is 21.4 Å². The zero-order valence-electron chi connectivity index (χ0n) is 17.1. The molecule has 5 nitrogen and oxygen atoms in total. The van der Waals surface area contributed by atoms with Crippen molar-refractivity contribution in [1.82, 2.24) is 4.90 Å². The molecule has 6 heteroatoms. The molecule has 3 aliphatic rings. The van der Waals surface area contributed by atoms with E-state index >= 15 is 0 Å². The fourth-order valence-corrected chi connectivity index (χ4v) is 5.49. The van der Waals surface area contributed by atoms with Crippen LogP contribution < -0.4 is 4.90 Å². The van der Waals surface area contributed by atoms with Gasteiger partial charge in [0.1, 0.15) is 5.82 Å². The van der Waals surface area contributed by atoms with Gasteiger partial charge >= 0.3 is 6.08 Å². The Morgan fingerprint density at radius 1 is 1.14 bits per heavy atom. The van der Waals surface area contributed by atoms with E-state index in [1.807, 2.05) is 19.1 Å². The van der Waals surface area contributed by atoms with Crippen LogP contribution in [0.25, 0.3) is 0 Å². The van der Waals surface area contributed by atoms with Crippen molar-refractivity contribution in [3.8, 4) is 0 Å². The SMILES string of the molecule is CCOC(O)=[N+]1C2CCC1CC(N1CCC(N(C)c3ccc(F)cc3)CC1)C2. The van der Waals surface area contributed by atoms with Crippen LogP contribution in [0.3, 0.4) is 0 Å². The van der Waals surface area contributed by atoms with E-state index in [0.717, 1.165) is 57.3 Å². The third-order valence-electron chi connectivity index (χ3n) is 7.00. The van der Waals surface area contributed by atoms with E-state index in [-0.39, 0.29) is 11.9 Å². The summed E-state index contributed by atoms with van der Waals surface area (Å²) >= 11 is 0. The monoisotopic (exact) mass is 390 g/mol. The van der Waals surface area contributed by atoms with Crippen molar-refractivity contribution < 1.29 is 18.8 Å². The first-order valence-electron chi connectivity index (χ1n) is 10.8. The summed E-state index contributed by atoms with van der Waals surface area (Å²) in [6, 6.07) is 8.77. The zero-order chi connectivity index (χ0) is 19.7. The Hall–Kier alpha value is -1.82. The predicted molar refractivity (Wildman–Crippen MR) is 109 cm³/mol. The van der Waals surface area contributed by atoms with Gasteiger partial charge in [-0.3, -0.25) is 4.90 Å². The highest BCUT2D eigenvalue weighted by Gasteiger charge is 2.49. The molecule has 3 saturated heterocycles. The van der Waals surface area contributed by atoms with Crippen molar-refractivity contribution in [3.05, 3.63) is 30.1 Å². The summed E-state index contributed by atoms with van der Waals surface area (Å²) in [5.41, 5.74) is 1.09. The molecule has 154 valence electrons. The normalized spacial score (nSPS) is 28.4. The molecule has 28 heavy (non-hydrogen) atoms. The fraction of sp³-hybridized carbons (Fsp3) is 0.682. The second-order valence-corrected chi connectivity index (χ2v) is 8.49. The second-order valence-electron chi connectivity index (χ2n) is 8.49. The summed E-state index contributed by atoms with van der Waals surface area (Å²) in [6.07, 6.45) is 6.95. The summed E-state index contributed by atoms with van der Waals surface area (Å²) in [6.45, 7) is 4.65. The molecule has 0 radical (unpaired) electrons. The molecule has 2 bridgehead atoms. The summed E-state index contributed by atoms with van der Waals surface area (Å²) in [5, 5.41) is 10.3. The van der Waals surface area contributed by atoms with Gasteiger partial charge in [-0.1, -0.05) is 0 Å². The molecule has 0 amide bonds. The molecule has 0 spiro atoms. The number of likely N-dealkylation sites (tertiary alicyclic amines) is 1. The minimum Gasteiger partial charge on any atom is -0.430 e. The molecule has 3 aliphatic heterocycles. The first-order valence-corrected chi connectivity index (χ1v) is 10.8. The molecular weight excluding hydrogens is 357 g/mol. The maximum atomic E-state index is 13.2. The van der Waals surface area contributed by atoms with E-state index in [0.29, 0.717) is 30.8 Å². The molecule has 1 aromatic carbocycles. The highest BCUT2D eigenvalue weighted by Crippen LogP contribution is 2.36. The summed E-state index contributed by atoms with van der Waals surface area (Å²) < 4.78 is 20.7. The van der Waals surface area contributed by atoms with Gasteiger partial charge in [0, 0.05) is 63.6 Å². The molecule has 1 N–H and O–H groups in total. The molecule has 2 unspecified atom stereocenters. The molecule has 2 atom stereocenters. The Bertz CT molecular complexity index is 684. The molecule has 4 rings (SSSR count). The van der Waals surface area contributed by atoms with Crippen LogP contribution in [0.2, 0.25) is 0 Å². The average Bonchev–Trinajstić information content (AvgIpc) is 2.98. The number of aliphatic hydroxyl groups excluding tert-OH is 1. The largest absolute Gasteiger partial charge is 0.547 e. The molecule has 0 aromatic heterocycles. The highest BCUT2D eigenvalue weighted by atomic mass is 19.1.